The van der Waals surface area contributed by atoms with E-state index in [1.807, 2.05) is 43.4 Å². The Bertz CT molecular complexity index is 660. The maximum Gasteiger partial charge on any atom is 0.323 e. The SMILES string of the molecule is Cc1cccc(NC(=O)N2CCN(c3cnn(C)c3)CC2)n1. The average molecular weight is 300 g/mol. The summed E-state index contributed by atoms with van der Waals surface area (Å²) in [6, 6.07) is 5.50. The number of pyridine rings is 1. The van der Waals surface area contributed by atoms with Crippen molar-refractivity contribution in [1.29, 1.82) is 0 Å². The predicted octanol–water partition coefficient (Wildman–Crippen LogP) is 1.48. The van der Waals surface area contributed by atoms with Crippen LogP contribution in [0.2, 0.25) is 0 Å². The highest BCUT2D eigenvalue weighted by Crippen LogP contribution is 2.15. The van der Waals surface area contributed by atoms with E-state index in [2.05, 4.69) is 20.3 Å². The number of aromatic nitrogens is 3. The molecule has 1 N–H and O–H groups in total. The molecule has 2 aromatic heterocycles. The van der Waals surface area contributed by atoms with Gasteiger partial charge in [0.05, 0.1) is 11.9 Å². The van der Waals surface area contributed by atoms with E-state index >= 15 is 0 Å². The van der Waals surface area contributed by atoms with Crippen molar-refractivity contribution in [3.05, 3.63) is 36.3 Å². The lowest BCUT2D eigenvalue weighted by atomic mass is 10.3. The van der Waals surface area contributed by atoms with Gasteiger partial charge in [0.15, 0.2) is 0 Å². The first-order valence-electron chi connectivity index (χ1n) is 7.35. The molecule has 1 fully saturated rings. The molecule has 0 aromatic carbocycles. The Balaban J connectivity index is 1.55. The summed E-state index contributed by atoms with van der Waals surface area (Å²) in [5.74, 6) is 0.597. The van der Waals surface area contributed by atoms with Crippen LogP contribution in [-0.4, -0.2) is 51.9 Å². The monoisotopic (exact) mass is 300 g/mol. The third kappa shape index (κ3) is 3.19. The van der Waals surface area contributed by atoms with Crippen molar-refractivity contribution >= 4 is 17.5 Å². The smallest absolute Gasteiger partial charge is 0.323 e. The number of aryl methyl sites for hydroxylation is 2. The van der Waals surface area contributed by atoms with Crippen LogP contribution in [0.5, 0.6) is 0 Å². The summed E-state index contributed by atoms with van der Waals surface area (Å²) in [5.41, 5.74) is 1.99. The van der Waals surface area contributed by atoms with Crippen LogP contribution < -0.4 is 10.2 Å². The number of nitrogens with zero attached hydrogens (tertiary/aromatic N) is 5. The van der Waals surface area contributed by atoms with Crippen LogP contribution in [0, 0.1) is 6.92 Å². The van der Waals surface area contributed by atoms with Gasteiger partial charge < -0.3 is 9.80 Å². The molecule has 1 aliphatic heterocycles. The minimum absolute atomic E-state index is 0.0936. The second kappa shape index (κ2) is 6.05. The van der Waals surface area contributed by atoms with Gasteiger partial charge in [-0.2, -0.15) is 5.10 Å². The summed E-state index contributed by atoms with van der Waals surface area (Å²) in [7, 11) is 1.90. The highest BCUT2D eigenvalue weighted by Gasteiger charge is 2.22. The quantitative estimate of drug-likeness (QED) is 0.912. The molecule has 1 saturated heterocycles. The van der Waals surface area contributed by atoms with Crippen molar-refractivity contribution < 1.29 is 4.79 Å². The average Bonchev–Trinajstić information content (AvgIpc) is 2.94. The molecule has 0 radical (unpaired) electrons. The van der Waals surface area contributed by atoms with Gasteiger partial charge in [0.25, 0.3) is 0 Å². The van der Waals surface area contributed by atoms with Crippen LogP contribution in [0.15, 0.2) is 30.6 Å². The van der Waals surface area contributed by atoms with Crippen LogP contribution >= 0.6 is 0 Å². The molecule has 22 heavy (non-hydrogen) atoms. The van der Waals surface area contributed by atoms with Crippen LogP contribution in [0.1, 0.15) is 5.69 Å². The first-order valence-corrected chi connectivity index (χ1v) is 7.35. The molecule has 2 aromatic rings. The van der Waals surface area contributed by atoms with Crippen molar-refractivity contribution in [2.45, 2.75) is 6.92 Å². The molecule has 116 valence electrons. The van der Waals surface area contributed by atoms with E-state index in [-0.39, 0.29) is 6.03 Å². The lowest BCUT2D eigenvalue weighted by Crippen LogP contribution is -2.50. The lowest BCUT2D eigenvalue weighted by Gasteiger charge is -2.35. The van der Waals surface area contributed by atoms with Gasteiger partial charge >= 0.3 is 6.03 Å². The van der Waals surface area contributed by atoms with Gasteiger partial charge in [0, 0.05) is 45.1 Å². The van der Waals surface area contributed by atoms with Crippen LogP contribution in [0.25, 0.3) is 0 Å². The van der Waals surface area contributed by atoms with E-state index in [9.17, 15) is 4.79 Å². The summed E-state index contributed by atoms with van der Waals surface area (Å²) in [6.45, 7) is 4.89. The molecule has 0 spiro atoms. The zero-order valence-electron chi connectivity index (χ0n) is 12.9. The van der Waals surface area contributed by atoms with Crippen molar-refractivity contribution in [2.24, 2.45) is 7.05 Å². The maximum absolute atomic E-state index is 12.3. The zero-order chi connectivity index (χ0) is 15.5. The largest absolute Gasteiger partial charge is 0.365 e. The summed E-state index contributed by atoms with van der Waals surface area (Å²) < 4.78 is 1.79. The molecule has 7 heteroatoms. The molecule has 2 amide bonds. The number of anilines is 2. The zero-order valence-corrected chi connectivity index (χ0v) is 12.9. The minimum atomic E-state index is -0.0936. The number of carbonyl (C=O) groups is 1. The Labute approximate surface area is 129 Å². The standard InChI is InChI=1S/C15H20N6O/c1-12-4-3-5-14(17-12)18-15(22)21-8-6-20(7-9-21)13-10-16-19(2)11-13/h3-5,10-11H,6-9H2,1-2H3,(H,17,18,22). The van der Waals surface area contributed by atoms with Gasteiger partial charge in [0.2, 0.25) is 0 Å². The number of hydrogen-bond acceptors (Lipinski definition) is 4. The molecule has 7 nitrogen and oxygen atoms in total. The fourth-order valence-electron chi connectivity index (χ4n) is 2.54. The molecule has 3 heterocycles. The minimum Gasteiger partial charge on any atom is -0.365 e. The van der Waals surface area contributed by atoms with Gasteiger partial charge in [-0.25, -0.2) is 9.78 Å². The Kier molecular flexibility index (Phi) is 3.95. The van der Waals surface area contributed by atoms with Crippen molar-refractivity contribution in [2.75, 3.05) is 36.4 Å². The van der Waals surface area contributed by atoms with Gasteiger partial charge in [-0.15, -0.1) is 0 Å². The molecule has 3 rings (SSSR count). The lowest BCUT2D eigenvalue weighted by molar-refractivity contribution is 0.208. The summed E-state index contributed by atoms with van der Waals surface area (Å²) >= 11 is 0. The van der Waals surface area contributed by atoms with E-state index in [0.29, 0.717) is 18.9 Å². The van der Waals surface area contributed by atoms with Crippen molar-refractivity contribution in [3.8, 4) is 0 Å². The number of piperazine rings is 1. The normalized spacial score (nSPS) is 15.0. The molecule has 0 aliphatic carbocycles. The molecule has 1 aliphatic rings. The summed E-state index contributed by atoms with van der Waals surface area (Å²) in [4.78, 5) is 20.6. The molecule has 0 unspecified atom stereocenters. The highest BCUT2D eigenvalue weighted by atomic mass is 16.2. The van der Waals surface area contributed by atoms with Crippen molar-refractivity contribution in [1.82, 2.24) is 19.7 Å². The van der Waals surface area contributed by atoms with Crippen molar-refractivity contribution in [3.63, 3.8) is 0 Å². The molecule has 0 atom stereocenters. The molecule has 0 saturated carbocycles. The molecular formula is C15H20N6O. The molecule has 0 bridgehead atoms. The fourth-order valence-corrected chi connectivity index (χ4v) is 2.54. The van der Waals surface area contributed by atoms with Gasteiger partial charge in [-0.05, 0) is 19.1 Å². The first kappa shape index (κ1) is 14.4. The van der Waals surface area contributed by atoms with E-state index < -0.39 is 0 Å². The number of urea groups is 1. The van der Waals surface area contributed by atoms with Gasteiger partial charge in [-0.1, -0.05) is 6.07 Å². The van der Waals surface area contributed by atoms with Gasteiger partial charge in [-0.3, -0.25) is 10.00 Å². The van der Waals surface area contributed by atoms with E-state index in [4.69, 9.17) is 0 Å². The number of nitrogens with one attached hydrogen (secondary N) is 1. The van der Waals surface area contributed by atoms with Crippen LogP contribution in [0.3, 0.4) is 0 Å². The topological polar surface area (TPSA) is 66.3 Å². The predicted molar refractivity (Wildman–Crippen MR) is 85.0 cm³/mol. The van der Waals surface area contributed by atoms with E-state index in [1.54, 1.807) is 10.7 Å². The third-order valence-electron chi connectivity index (χ3n) is 3.75. The number of rotatable bonds is 2. The maximum atomic E-state index is 12.3. The Morgan fingerprint density at radius 2 is 2.00 bits per heavy atom. The summed E-state index contributed by atoms with van der Waals surface area (Å²) in [6.07, 6.45) is 3.85. The Hall–Kier alpha value is -2.57. The van der Waals surface area contributed by atoms with Crippen LogP contribution in [0.4, 0.5) is 16.3 Å². The number of carbonyl (C=O) groups excluding carboxylic acids is 1. The Morgan fingerprint density at radius 3 is 2.64 bits per heavy atom. The fraction of sp³-hybridized carbons (Fsp3) is 0.400. The Morgan fingerprint density at radius 1 is 1.23 bits per heavy atom. The van der Waals surface area contributed by atoms with Gasteiger partial charge in [0.1, 0.15) is 5.82 Å². The van der Waals surface area contributed by atoms with E-state index in [0.717, 1.165) is 24.5 Å². The van der Waals surface area contributed by atoms with Crippen LogP contribution in [-0.2, 0) is 7.05 Å². The molecular weight excluding hydrogens is 280 g/mol. The first-order chi connectivity index (χ1) is 10.6. The number of hydrogen-bond donors (Lipinski definition) is 1. The second-order valence-electron chi connectivity index (χ2n) is 5.44. The summed E-state index contributed by atoms with van der Waals surface area (Å²) in [5, 5.41) is 7.04. The van der Waals surface area contributed by atoms with E-state index in [1.165, 1.54) is 0 Å². The number of amides is 2. The highest BCUT2D eigenvalue weighted by molar-refractivity contribution is 5.88. The second-order valence-corrected chi connectivity index (χ2v) is 5.44. The third-order valence-corrected chi connectivity index (χ3v) is 3.75.